The number of nitrogens with one attached hydrogen (secondary N) is 1. The first-order valence-corrected chi connectivity index (χ1v) is 7.71. The highest BCUT2D eigenvalue weighted by Crippen LogP contribution is 2.40. The van der Waals surface area contributed by atoms with Crippen LogP contribution in [0.4, 0.5) is 4.79 Å². The topological polar surface area (TPSA) is 116 Å². The normalized spacial score (nSPS) is 24.5. The number of aliphatic hydroxyl groups excluding tert-OH is 1. The molecule has 0 aromatic heterocycles. The van der Waals surface area contributed by atoms with Gasteiger partial charge in [0.05, 0.1) is 6.61 Å². The summed E-state index contributed by atoms with van der Waals surface area (Å²) in [5, 5.41) is 20.4. The molecule has 122 valence electrons. The molecule has 0 unspecified atom stereocenters. The van der Waals surface area contributed by atoms with Crippen LogP contribution >= 0.6 is 11.8 Å². The van der Waals surface area contributed by atoms with E-state index in [0.717, 1.165) is 4.90 Å². The number of thioether (sulfide) groups is 1. The summed E-state index contributed by atoms with van der Waals surface area (Å²) in [7, 11) is 0. The van der Waals surface area contributed by atoms with Gasteiger partial charge in [0.1, 0.15) is 22.7 Å². The molecule has 9 heteroatoms. The predicted molar refractivity (Wildman–Crippen MR) is 78.0 cm³/mol. The van der Waals surface area contributed by atoms with Crippen molar-refractivity contribution in [3.05, 3.63) is 11.3 Å². The number of alkyl carbamates (subject to hydrolysis) is 1. The van der Waals surface area contributed by atoms with Gasteiger partial charge in [-0.2, -0.15) is 0 Å². The monoisotopic (exact) mass is 330 g/mol. The van der Waals surface area contributed by atoms with Crippen LogP contribution in [0.3, 0.4) is 0 Å². The molecule has 22 heavy (non-hydrogen) atoms. The summed E-state index contributed by atoms with van der Waals surface area (Å²) in [6.45, 7) is 4.69. The SMILES string of the molecule is CC(C)(C)OC(=O)N[C@H]1C(=O)N2C(C(=O)O)=C(CO)CS[C@@H]12. The number of carbonyl (C=O) groups excluding carboxylic acids is 2. The van der Waals surface area contributed by atoms with E-state index in [2.05, 4.69) is 5.32 Å². The van der Waals surface area contributed by atoms with Gasteiger partial charge in [0, 0.05) is 5.75 Å². The number of amides is 2. The summed E-state index contributed by atoms with van der Waals surface area (Å²) in [6, 6.07) is -0.825. The highest BCUT2D eigenvalue weighted by molar-refractivity contribution is 8.00. The van der Waals surface area contributed by atoms with Crippen LogP contribution < -0.4 is 5.32 Å². The Morgan fingerprint density at radius 2 is 2.09 bits per heavy atom. The Morgan fingerprint density at radius 3 is 2.59 bits per heavy atom. The van der Waals surface area contributed by atoms with Gasteiger partial charge in [-0.3, -0.25) is 9.69 Å². The summed E-state index contributed by atoms with van der Waals surface area (Å²) in [5.41, 5.74) is -0.594. The van der Waals surface area contributed by atoms with E-state index in [1.165, 1.54) is 11.8 Å². The van der Waals surface area contributed by atoms with Crippen LogP contribution in [0, 0.1) is 0 Å². The molecule has 1 saturated heterocycles. The first kappa shape index (κ1) is 16.6. The summed E-state index contributed by atoms with van der Waals surface area (Å²) in [5.74, 6) is -1.50. The molecule has 0 aliphatic carbocycles. The molecule has 2 rings (SSSR count). The zero-order valence-corrected chi connectivity index (χ0v) is 13.3. The number of aliphatic hydroxyl groups is 1. The van der Waals surface area contributed by atoms with E-state index < -0.39 is 41.6 Å². The van der Waals surface area contributed by atoms with Gasteiger partial charge in [-0.05, 0) is 26.3 Å². The molecule has 2 amide bonds. The Balaban J connectivity index is 2.10. The Bertz CT molecular complexity index is 553. The number of aliphatic carboxylic acids is 1. The third kappa shape index (κ3) is 3.05. The van der Waals surface area contributed by atoms with E-state index >= 15 is 0 Å². The summed E-state index contributed by atoms with van der Waals surface area (Å²) in [4.78, 5) is 36.3. The molecular weight excluding hydrogens is 312 g/mol. The van der Waals surface area contributed by atoms with Gasteiger partial charge < -0.3 is 20.3 Å². The maximum Gasteiger partial charge on any atom is 0.408 e. The number of rotatable bonds is 3. The van der Waals surface area contributed by atoms with Crippen molar-refractivity contribution in [2.24, 2.45) is 0 Å². The minimum Gasteiger partial charge on any atom is -0.477 e. The highest BCUT2D eigenvalue weighted by Gasteiger charge is 2.54. The van der Waals surface area contributed by atoms with E-state index in [1.807, 2.05) is 0 Å². The number of carboxylic acid groups (broad SMARTS) is 1. The second-order valence-corrected chi connectivity index (χ2v) is 7.05. The molecule has 0 saturated carbocycles. The third-order valence-corrected chi connectivity index (χ3v) is 4.45. The molecule has 0 bridgehead atoms. The van der Waals surface area contributed by atoms with Crippen LogP contribution in [-0.4, -0.2) is 62.5 Å². The van der Waals surface area contributed by atoms with Gasteiger partial charge in [0.2, 0.25) is 0 Å². The van der Waals surface area contributed by atoms with Crippen LogP contribution in [0.15, 0.2) is 11.3 Å². The van der Waals surface area contributed by atoms with Gasteiger partial charge in [-0.15, -0.1) is 11.8 Å². The first-order valence-electron chi connectivity index (χ1n) is 6.66. The van der Waals surface area contributed by atoms with E-state index in [9.17, 15) is 24.6 Å². The Morgan fingerprint density at radius 1 is 1.45 bits per heavy atom. The molecule has 0 aromatic rings. The number of fused-ring (bicyclic) bond motifs is 1. The number of carboxylic acids is 1. The van der Waals surface area contributed by atoms with Crippen molar-refractivity contribution < 1.29 is 29.3 Å². The molecule has 3 N–H and O–H groups in total. The largest absolute Gasteiger partial charge is 0.477 e. The average Bonchev–Trinajstić information content (AvgIpc) is 2.40. The first-order chi connectivity index (χ1) is 10.2. The number of ether oxygens (including phenoxy) is 1. The second-order valence-electron chi connectivity index (χ2n) is 5.95. The van der Waals surface area contributed by atoms with Crippen LogP contribution in [0.5, 0.6) is 0 Å². The number of hydrogen-bond acceptors (Lipinski definition) is 6. The quantitative estimate of drug-likeness (QED) is 0.630. The maximum absolute atomic E-state index is 12.1. The van der Waals surface area contributed by atoms with Gasteiger partial charge >= 0.3 is 12.1 Å². The molecule has 0 aromatic carbocycles. The van der Waals surface area contributed by atoms with Crippen molar-refractivity contribution in [1.29, 1.82) is 0 Å². The third-order valence-electron chi connectivity index (χ3n) is 3.11. The molecule has 0 radical (unpaired) electrons. The zero-order valence-electron chi connectivity index (χ0n) is 12.5. The fraction of sp³-hybridized carbons (Fsp3) is 0.615. The Hall–Kier alpha value is -1.74. The minimum absolute atomic E-state index is 0.196. The van der Waals surface area contributed by atoms with Gasteiger partial charge in [0.25, 0.3) is 5.91 Å². The molecule has 1 fully saturated rings. The van der Waals surface area contributed by atoms with Crippen LogP contribution in [0.25, 0.3) is 0 Å². The number of carbonyl (C=O) groups is 3. The van der Waals surface area contributed by atoms with Crippen molar-refractivity contribution in [1.82, 2.24) is 10.2 Å². The average molecular weight is 330 g/mol. The van der Waals surface area contributed by atoms with Crippen LogP contribution in [-0.2, 0) is 14.3 Å². The molecule has 8 nitrogen and oxygen atoms in total. The van der Waals surface area contributed by atoms with Crippen LogP contribution in [0.1, 0.15) is 20.8 Å². The zero-order chi connectivity index (χ0) is 16.7. The highest BCUT2D eigenvalue weighted by atomic mass is 32.2. The summed E-state index contributed by atoms with van der Waals surface area (Å²) < 4.78 is 5.09. The van der Waals surface area contributed by atoms with Crippen LogP contribution in [0.2, 0.25) is 0 Å². The van der Waals surface area contributed by atoms with Crippen molar-refractivity contribution in [2.75, 3.05) is 12.4 Å². The smallest absolute Gasteiger partial charge is 0.408 e. The van der Waals surface area contributed by atoms with Crippen molar-refractivity contribution >= 4 is 29.7 Å². The lowest BCUT2D eigenvalue weighted by atomic mass is 10.0. The van der Waals surface area contributed by atoms with Gasteiger partial charge in [-0.25, -0.2) is 9.59 Å². The molecular formula is C13H18N2O6S. The number of nitrogens with zero attached hydrogens (tertiary/aromatic N) is 1. The lowest BCUT2D eigenvalue weighted by Crippen LogP contribution is -2.70. The summed E-state index contributed by atoms with van der Waals surface area (Å²) >= 11 is 1.29. The van der Waals surface area contributed by atoms with Gasteiger partial charge in [-0.1, -0.05) is 0 Å². The number of β-lactam (4-membered cyclic amide) rings is 1. The summed E-state index contributed by atoms with van der Waals surface area (Å²) in [6.07, 6.45) is -0.722. The standard InChI is InChI=1S/C13H18N2O6S/c1-13(2,3)21-12(20)14-7-9(17)15-8(11(18)19)6(4-16)5-22-10(7)15/h7,10,16H,4-5H2,1-3H3,(H,14,20)(H,18,19)/t7-,10-/m0/s1. The van der Waals surface area contributed by atoms with Crippen molar-refractivity contribution in [2.45, 2.75) is 37.8 Å². The molecule has 2 aliphatic rings. The van der Waals surface area contributed by atoms with Gasteiger partial charge in [0.15, 0.2) is 0 Å². The molecule has 2 aliphatic heterocycles. The Kier molecular flexibility index (Phi) is 4.39. The van der Waals surface area contributed by atoms with E-state index in [0.29, 0.717) is 5.75 Å². The lowest BCUT2D eigenvalue weighted by molar-refractivity contribution is -0.149. The van der Waals surface area contributed by atoms with Crippen molar-refractivity contribution in [3.8, 4) is 0 Å². The molecule has 2 heterocycles. The van der Waals surface area contributed by atoms with E-state index in [1.54, 1.807) is 20.8 Å². The molecule has 0 spiro atoms. The van der Waals surface area contributed by atoms with E-state index in [4.69, 9.17) is 4.74 Å². The fourth-order valence-corrected chi connectivity index (χ4v) is 3.57. The maximum atomic E-state index is 12.1. The predicted octanol–water partition coefficient (Wildman–Crippen LogP) is 0.126. The Labute approximate surface area is 131 Å². The fourth-order valence-electron chi connectivity index (χ4n) is 2.24. The van der Waals surface area contributed by atoms with E-state index in [-0.39, 0.29) is 11.3 Å². The molecule has 2 atom stereocenters. The minimum atomic E-state index is -1.27. The second kappa shape index (κ2) is 5.81. The number of hydrogen-bond donors (Lipinski definition) is 3. The van der Waals surface area contributed by atoms with Crippen molar-refractivity contribution in [3.63, 3.8) is 0 Å². The lowest BCUT2D eigenvalue weighted by Gasteiger charge is -2.49.